The van der Waals surface area contributed by atoms with Gasteiger partial charge >= 0.3 is 12.3 Å². The second-order valence-corrected chi connectivity index (χ2v) is 6.50. The van der Waals surface area contributed by atoms with Gasteiger partial charge in [0.2, 0.25) is 0 Å². The number of nitrogens with zero attached hydrogens (tertiary/aromatic N) is 3. The molecule has 0 spiro atoms. The summed E-state index contributed by atoms with van der Waals surface area (Å²) in [6.45, 7) is -3.04. The maximum absolute atomic E-state index is 12.5. The number of nitrogens with one attached hydrogen (secondary N) is 1. The van der Waals surface area contributed by atoms with Gasteiger partial charge in [-0.15, -0.1) is 0 Å². The summed E-state index contributed by atoms with van der Waals surface area (Å²) >= 11 is 0.983. The van der Waals surface area contributed by atoms with Gasteiger partial charge in [0.15, 0.2) is 22.1 Å². The van der Waals surface area contributed by atoms with Gasteiger partial charge in [0.1, 0.15) is 5.75 Å². The number of rotatable bonds is 6. The zero-order chi connectivity index (χ0) is 19.7. The van der Waals surface area contributed by atoms with Gasteiger partial charge < -0.3 is 9.72 Å². The number of fused-ring (bicyclic) bond motifs is 1. The first-order valence-corrected chi connectivity index (χ1v) is 8.63. The molecule has 8 nitrogen and oxygen atoms in total. The second kappa shape index (κ2) is 7.35. The molecule has 1 aromatic carbocycles. The highest BCUT2D eigenvalue weighted by Crippen LogP contribution is 2.24. The number of thioether (sulfide) groups is 1. The van der Waals surface area contributed by atoms with Crippen molar-refractivity contribution in [1.82, 2.24) is 19.1 Å². The van der Waals surface area contributed by atoms with E-state index in [1.54, 1.807) is 0 Å². The van der Waals surface area contributed by atoms with Gasteiger partial charge in [0, 0.05) is 14.1 Å². The number of para-hydroxylation sites is 1. The average Bonchev–Trinajstić information content (AvgIpc) is 3.07. The minimum atomic E-state index is -3.04. The molecule has 0 saturated heterocycles. The molecule has 2 heterocycles. The van der Waals surface area contributed by atoms with Crippen molar-refractivity contribution in [2.24, 2.45) is 14.1 Å². The van der Waals surface area contributed by atoms with Gasteiger partial charge in [-0.2, -0.15) is 8.78 Å². The quantitative estimate of drug-likeness (QED) is 0.501. The number of carbonyl (C=O) groups is 1. The van der Waals surface area contributed by atoms with Crippen molar-refractivity contribution in [3.05, 3.63) is 50.7 Å². The number of aromatic amines is 1. The van der Waals surface area contributed by atoms with Crippen molar-refractivity contribution in [2.45, 2.75) is 11.8 Å². The third-order valence-electron chi connectivity index (χ3n) is 3.82. The average molecular weight is 396 g/mol. The molecule has 0 atom stereocenters. The summed E-state index contributed by atoms with van der Waals surface area (Å²) in [6, 6.07) is 5.69. The maximum Gasteiger partial charge on any atom is 0.387 e. The molecular weight excluding hydrogens is 382 g/mol. The number of hydrogen-bond donors (Lipinski definition) is 1. The van der Waals surface area contributed by atoms with Crippen LogP contribution in [0.15, 0.2) is 39.0 Å². The van der Waals surface area contributed by atoms with E-state index in [1.807, 2.05) is 0 Å². The van der Waals surface area contributed by atoms with Gasteiger partial charge in [0.25, 0.3) is 5.56 Å². The summed E-state index contributed by atoms with van der Waals surface area (Å²) in [5, 5.41) is 0.254. The van der Waals surface area contributed by atoms with E-state index < -0.39 is 23.6 Å². The number of aryl methyl sites for hydroxylation is 1. The van der Waals surface area contributed by atoms with Crippen molar-refractivity contribution in [3.63, 3.8) is 0 Å². The number of ether oxygens (including phenoxy) is 1. The third kappa shape index (κ3) is 3.63. The molecule has 2 aromatic heterocycles. The van der Waals surface area contributed by atoms with E-state index in [4.69, 9.17) is 0 Å². The molecule has 0 radical (unpaired) electrons. The summed E-state index contributed by atoms with van der Waals surface area (Å²) in [7, 11) is 2.82. The van der Waals surface area contributed by atoms with E-state index in [9.17, 15) is 23.2 Å². The molecule has 0 aliphatic rings. The van der Waals surface area contributed by atoms with E-state index in [0.29, 0.717) is 0 Å². The van der Waals surface area contributed by atoms with Crippen LogP contribution in [0.3, 0.4) is 0 Å². The van der Waals surface area contributed by atoms with Crippen LogP contribution in [0.5, 0.6) is 5.75 Å². The Kier molecular flexibility index (Phi) is 5.13. The Morgan fingerprint density at radius 1 is 1.26 bits per heavy atom. The van der Waals surface area contributed by atoms with Crippen molar-refractivity contribution in [3.8, 4) is 5.75 Å². The lowest BCUT2D eigenvalue weighted by Gasteiger charge is -2.09. The van der Waals surface area contributed by atoms with Crippen LogP contribution in [0.2, 0.25) is 0 Å². The molecule has 0 aliphatic heterocycles. The summed E-state index contributed by atoms with van der Waals surface area (Å²) in [6.07, 6.45) is 0. The molecule has 0 fully saturated rings. The van der Waals surface area contributed by atoms with E-state index in [1.165, 1.54) is 42.9 Å². The first-order chi connectivity index (χ1) is 12.8. The first kappa shape index (κ1) is 18.8. The summed E-state index contributed by atoms with van der Waals surface area (Å²) < 4.78 is 31.4. The number of carbonyl (C=O) groups excluding carboxylic acids is 1. The topological polar surface area (TPSA) is 99.0 Å². The molecule has 27 heavy (non-hydrogen) atoms. The summed E-state index contributed by atoms with van der Waals surface area (Å²) in [5.74, 6) is -0.782. The molecule has 3 rings (SSSR count). The van der Waals surface area contributed by atoms with Gasteiger partial charge in [0.05, 0.1) is 11.3 Å². The maximum atomic E-state index is 12.5. The minimum absolute atomic E-state index is 0.0183. The zero-order valence-corrected chi connectivity index (χ0v) is 15.0. The fraction of sp³-hybridized carbons (Fsp3) is 0.250. The Labute approximate surface area is 154 Å². The Bertz CT molecular complexity index is 1140. The van der Waals surface area contributed by atoms with Crippen LogP contribution >= 0.6 is 11.8 Å². The molecule has 1 N–H and O–H groups in total. The molecule has 0 unspecified atom stereocenters. The van der Waals surface area contributed by atoms with Crippen molar-refractivity contribution in [1.29, 1.82) is 0 Å². The molecule has 11 heteroatoms. The molecule has 3 aromatic rings. The number of aromatic nitrogens is 4. The number of ketones is 1. The number of imidazole rings is 1. The number of alkyl halides is 2. The monoisotopic (exact) mass is 396 g/mol. The first-order valence-electron chi connectivity index (χ1n) is 7.65. The smallest absolute Gasteiger partial charge is 0.387 e. The van der Waals surface area contributed by atoms with Crippen LogP contribution in [-0.4, -0.2) is 37.2 Å². The Balaban J connectivity index is 1.85. The largest absolute Gasteiger partial charge is 0.434 e. The summed E-state index contributed by atoms with van der Waals surface area (Å²) in [4.78, 5) is 43.4. The number of halogens is 2. The molecular formula is C16H14F2N4O4S. The fourth-order valence-electron chi connectivity index (χ4n) is 2.48. The molecule has 142 valence electrons. The van der Waals surface area contributed by atoms with Gasteiger partial charge in [-0.05, 0) is 12.1 Å². The lowest BCUT2D eigenvalue weighted by molar-refractivity contribution is -0.0501. The van der Waals surface area contributed by atoms with Gasteiger partial charge in [-0.25, -0.2) is 9.78 Å². The highest BCUT2D eigenvalue weighted by molar-refractivity contribution is 7.99. The number of benzene rings is 1. The minimum Gasteiger partial charge on any atom is -0.434 e. The standard InChI is InChI=1S/C16H14F2N4O4S/c1-21-12-11(13(24)22(2)16(21)25)19-15(20-12)27-7-9(23)8-5-3-4-6-10(8)26-14(17)18/h3-6,14H,7H2,1-2H3,(H,19,20). The predicted molar refractivity (Wildman–Crippen MR) is 94.7 cm³/mol. The van der Waals surface area contributed by atoms with Crippen LogP contribution in [0, 0.1) is 0 Å². The molecule has 0 bridgehead atoms. The van der Waals surface area contributed by atoms with Gasteiger partial charge in [-0.1, -0.05) is 23.9 Å². The highest BCUT2D eigenvalue weighted by atomic mass is 32.2. The van der Waals surface area contributed by atoms with Crippen LogP contribution in [0.4, 0.5) is 8.78 Å². The normalized spacial score (nSPS) is 11.3. The van der Waals surface area contributed by atoms with Crippen LogP contribution < -0.4 is 16.0 Å². The molecule has 0 aliphatic carbocycles. The molecule has 0 saturated carbocycles. The van der Waals surface area contributed by atoms with Crippen molar-refractivity contribution < 1.29 is 18.3 Å². The van der Waals surface area contributed by atoms with Crippen LogP contribution in [0.1, 0.15) is 10.4 Å². The number of Topliss-reactive ketones (excluding diaryl/α,β-unsaturated/α-hetero) is 1. The van der Waals surface area contributed by atoms with E-state index >= 15 is 0 Å². The van der Waals surface area contributed by atoms with E-state index in [0.717, 1.165) is 16.3 Å². The Morgan fingerprint density at radius 3 is 2.67 bits per heavy atom. The molecule has 0 amide bonds. The summed E-state index contributed by atoms with van der Waals surface area (Å²) in [5.41, 5.74) is -0.737. The third-order valence-corrected chi connectivity index (χ3v) is 4.69. The van der Waals surface area contributed by atoms with Crippen molar-refractivity contribution >= 4 is 28.7 Å². The lowest BCUT2D eigenvalue weighted by atomic mass is 10.1. The number of hydrogen-bond acceptors (Lipinski definition) is 6. The Hall–Kier alpha value is -2.95. The Morgan fingerprint density at radius 2 is 1.96 bits per heavy atom. The predicted octanol–water partition coefficient (Wildman–Crippen LogP) is 1.54. The van der Waals surface area contributed by atoms with Gasteiger partial charge in [-0.3, -0.25) is 18.7 Å². The highest BCUT2D eigenvalue weighted by Gasteiger charge is 2.18. The second-order valence-electron chi connectivity index (χ2n) is 5.53. The number of H-pyrrole nitrogens is 1. The fourth-order valence-corrected chi connectivity index (χ4v) is 3.23. The lowest BCUT2D eigenvalue weighted by Crippen LogP contribution is -2.36. The SMILES string of the molecule is Cn1c(=O)c2[nH]c(SCC(=O)c3ccccc3OC(F)F)nc2n(C)c1=O. The van der Waals surface area contributed by atoms with Crippen LogP contribution in [0.25, 0.3) is 11.2 Å². The zero-order valence-electron chi connectivity index (χ0n) is 14.2. The van der Waals surface area contributed by atoms with Crippen LogP contribution in [-0.2, 0) is 14.1 Å². The van der Waals surface area contributed by atoms with E-state index in [-0.39, 0.29) is 33.4 Å². The van der Waals surface area contributed by atoms with E-state index in [2.05, 4.69) is 14.7 Å². The van der Waals surface area contributed by atoms with Crippen molar-refractivity contribution in [2.75, 3.05) is 5.75 Å².